The summed E-state index contributed by atoms with van der Waals surface area (Å²) in [6.07, 6.45) is 11.1. The molecule has 8 nitrogen and oxygen atoms in total. The second-order valence-electron chi connectivity index (χ2n) is 7.09. The predicted molar refractivity (Wildman–Crippen MR) is 90.4 cm³/mol. The number of rotatable bonds is 5. The summed E-state index contributed by atoms with van der Waals surface area (Å²) in [5.74, 6) is 0. The monoisotopic (exact) mass is 331 g/mol. The molecule has 1 fully saturated rings. The molecule has 1 aromatic heterocycles. The molecule has 0 aromatic carbocycles. The van der Waals surface area contributed by atoms with Gasteiger partial charge >= 0.3 is 0 Å². The van der Waals surface area contributed by atoms with Crippen LogP contribution in [0.25, 0.3) is 5.70 Å². The van der Waals surface area contributed by atoms with Crippen molar-refractivity contribution in [1.29, 1.82) is 0 Å². The minimum Gasteiger partial charge on any atom is -0.372 e. The van der Waals surface area contributed by atoms with E-state index in [2.05, 4.69) is 43.3 Å². The molecule has 1 aliphatic carbocycles. The average molecular weight is 331 g/mol. The second kappa shape index (κ2) is 7.12. The van der Waals surface area contributed by atoms with Crippen molar-refractivity contribution in [3.63, 3.8) is 0 Å². The summed E-state index contributed by atoms with van der Waals surface area (Å²) in [4.78, 5) is 7.97. The van der Waals surface area contributed by atoms with Crippen molar-refractivity contribution in [2.24, 2.45) is 10.3 Å². The summed E-state index contributed by atoms with van der Waals surface area (Å²) in [6.45, 7) is 7.82. The Balaban J connectivity index is 1.52. The van der Waals surface area contributed by atoms with Crippen molar-refractivity contribution in [2.45, 2.75) is 51.7 Å². The van der Waals surface area contributed by atoms with Gasteiger partial charge in [0.15, 0.2) is 0 Å². The van der Waals surface area contributed by atoms with Gasteiger partial charge in [0.05, 0.1) is 23.6 Å². The molecule has 1 aromatic rings. The van der Waals surface area contributed by atoms with Crippen LogP contribution in [-0.2, 0) is 4.84 Å². The topological polar surface area (TPSA) is 79.9 Å². The van der Waals surface area contributed by atoms with Crippen LogP contribution in [0.5, 0.6) is 0 Å². The first kappa shape index (κ1) is 16.6. The Labute approximate surface area is 142 Å². The Bertz CT molecular complexity index is 627. The highest BCUT2D eigenvalue weighted by molar-refractivity contribution is 5.58. The van der Waals surface area contributed by atoms with E-state index in [9.17, 15) is 0 Å². The van der Waals surface area contributed by atoms with Gasteiger partial charge in [-0.25, -0.2) is 4.68 Å². The van der Waals surface area contributed by atoms with E-state index >= 15 is 0 Å². The predicted octanol–water partition coefficient (Wildman–Crippen LogP) is 2.56. The van der Waals surface area contributed by atoms with Crippen LogP contribution in [0, 0.1) is 0 Å². The molecule has 1 saturated heterocycles. The first-order valence-corrected chi connectivity index (χ1v) is 8.36. The van der Waals surface area contributed by atoms with E-state index < -0.39 is 0 Å². The van der Waals surface area contributed by atoms with E-state index in [0.29, 0.717) is 0 Å². The number of aromatic nitrogens is 3. The number of nitrogens with zero attached hydrogens (tertiary/aromatic N) is 6. The molecule has 0 bridgehead atoms. The number of allylic oxidation sites excluding steroid dienone is 4. The van der Waals surface area contributed by atoms with Gasteiger partial charge in [0.1, 0.15) is 6.10 Å². The standard InChI is InChI=1S/C16H25N7O/c1-16(2,3)18-19-21-24-15-7-9-22(12-15)13-5-4-6-14(11-13)23-10-8-17-20-23/h6,8,10-11,15H,4-5,7,9,12H2,1-3H3,(H,18,21). The second-order valence-corrected chi connectivity index (χ2v) is 7.09. The molecule has 130 valence electrons. The molecule has 2 aliphatic rings. The highest BCUT2D eigenvalue weighted by Crippen LogP contribution is 2.26. The molecule has 0 radical (unpaired) electrons. The summed E-state index contributed by atoms with van der Waals surface area (Å²) in [6, 6.07) is 0. The molecule has 3 rings (SSSR count). The van der Waals surface area contributed by atoms with E-state index in [0.717, 1.165) is 38.0 Å². The Morgan fingerprint density at radius 2 is 2.25 bits per heavy atom. The first-order chi connectivity index (χ1) is 11.5. The Morgan fingerprint density at radius 1 is 1.38 bits per heavy atom. The lowest BCUT2D eigenvalue weighted by Crippen LogP contribution is -2.26. The molecule has 0 saturated carbocycles. The highest BCUT2D eigenvalue weighted by atomic mass is 16.7. The average Bonchev–Trinajstić information content (AvgIpc) is 3.22. The van der Waals surface area contributed by atoms with E-state index in [-0.39, 0.29) is 11.6 Å². The summed E-state index contributed by atoms with van der Waals surface area (Å²) < 4.78 is 1.80. The third kappa shape index (κ3) is 4.41. The lowest BCUT2D eigenvalue weighted by atomic mass is 10.1. The largest absolute Gasteiger partial charge is 0.372 e. The van der Waals surface area contributed by atoms with Gasteiger partial charge in [-0.2, -0.15) is 10.7 Å². The number of nitrogens with one attached hydrogen (secondary N) is 1. The lowest BCUT2D eigenvalue weighted by Gasteiger charge is -2.24. The van der Waals surface area contributed by atoms with Gasteiger partial charge < -0.3 is 4.90 Å². The van der Waals surface area contributed by atoms with E-state index in [1.807, 2.05) is 27.0 Å². The smallest absolute Gasteiger partial charge is 0.106 e. The van der Waals surface area contributed by atoms with Crippen LogP contribution in [0.1, 0.15) is 40.0 Å². The quantitative estimate of drug-likeness (QED) is 0.662. The van der Waals surface area contributed by atoms with Crippen LogP contribution in [0.15, 0.2) is 40.6 Å². The Morgan fingerprint density at radius 3 is 3.00 bits per heavy atom. The van der Waals surface area contributed by atoms with Crippen molar-refractivity contribution in [2.75, 3.05) is 13.1 Å². The van der Waals surface area contributed by atoms with Crippen molar-refractivity contribution >= 4 is 5.70 Å². The molecular weight excluding hydrogens is 306 g/mol. The zero-order valence-electron chi connectivity index (χ0n) is 14.5. The van der Waals surface area contributed by atoms with Crippen LogP contribution < -0.4 is 5.59 Å². The summed E-state index contributed by atoms with van der Waals surface area (Å²) in [5.41, 5.74) is 4.82. The zero-order chi connectivity index (χ0) is 17.0. The van der Waals surface area contributed by atoms with Gasteiger partial charge in [-0.15, -0.1) is 5.10 Å². The van der Waals surface area contributed by atoms with E-state index in [4.69, 9.17) is 4.84 Å². The fourth-order valence-corrected chi connectivity index (χ4v) is 2.78. The van der Waals surface area contributed by atoms with Crippen molar-refractivity contribution in [3.8, 4) is 0 Å². The first-order valence-electron chi connectivity index (χ1n) is 8.36. The maximum Gasteiger partial charge on any atom is 0.106 e. The fourth-order valence-electron chi connectivity index (χ4n) is 2.78. The molecule has 0 spiro atoms. The Hall–Kier alpha value is -2.22. The molecule has 2 heterocycles. The molecule has 1 unspecified atom stereocenters. The van der Waals surface area contributed by atoms with Gasteiger partial charge in [-0.05, 0) is 46.1 Å². The molecule has 24 heavy (non-hydrogen) atoms. The van der Waals surface area contributed by atoms with Gasteiger partial charge in [-0.3, -0.25) is 4.84 Å². The molecule has 0 amide bonds. The number of hydrogen-bond donors (Lipinski definition) is 1. The molecule has 1 atom stereocenters. The number of likely N-dealkylation sites (tertiary alicyclic amines) is 1. The zero-order valence-corrected chi connectivity index (χ0v) is 14.5. The van der Waals surface area contributed by atoms with Crippen LogP contribution in [0.4, 0.5) is 0 Å². The molecular formula is C16H25N7O. The van der Waals surface area contributed by atoms with Crippen molar-refractivity contribution < 1.29 is 4.84 Å². The van der Waals surface area contributed by atoms with Crippen LogP contribution in [0.2, 0.25) is 0 Å². The van der Waals surface area contributed by atoms with Crippen LogP contribution >= 0.6 is 0 Å². The van der Waals surface area contributed by atoms with Crippen LogP contribution in [-0.4, -0.2) is 44.6 Å². The molecule has 8 heteroatoms. The fraction of sp³-hybridized carbons (Fsp3) is 0.625. The van der Waals surface area contributed by atoms with Crippen molar-refractivity contribution in [3.05, 3.63) is 30.2 Å². The molecule has 1 N–H and O–H groups in total. The maximum absolute atomic E-state index is 5.60. The summed E-state index contributed by atoms with van der Waals surface area (Å²) >= 11 is 0. The van der Waals surface area contributed by atoms with Crippen molar-refractivity contribution in [1.82, 2.24) is 25.5 Å². The number of hydrogen-bond acceptors (Lipinski definition) is 6. The lowest BCUT2D eigenvalue weighted by molar-refractivity contribution is -0.0220. The maximum atomic E-state index is 5.60. The Kier molecular flexibility index (Phi) is 4.94. The highest BCUT2D eigenvalue weighted by Gasteiger charge is 2.26. The normalized spacial score (nSPS) is 22.0. The third-order valence-corrected chi connectivity index (χ3v) is 3.92. The van der Waals surface area contributed by atoms with Gasteiger partial charge in [0.25, 0.3) is 0 Å². The minimum absolute atomic E-state index is 0.116. The van der Waals surface area contributed by atoms with Gasteiger partial charge in [0.2, 0.25) is 0 Å². The SMILES string of the molecule is CC(C)(C)N=NNOC1CCN(C2=CC(n3ccnn3)=CCC2)C1. The van der Waals surface area contributed by atoms with E-state index in [1.165, 1.54) is 5.70 Å². The van der Waals surface area contributed by atoms with E-state index in [1.54, 1.807) is 10.9 Å². The van der Waals surface area contributed by atoms with Crippen LogP contribution in [0.3, 0.4) is 0 Å². The molecule has 1 aliphatic heterocycles. The summed E-state index contributed by atoms with van der Waals surface area (Å²) in [7, 11) is 0. The summed E-state index contributed by atoms with van der Waals surface area (Å²) in [5, 5.41) is 15.9. The minimum atomic E-state index is -0.199. The van der Waals surface area contributed by atoms with Gasteiger partial charge in [0, 0.05) is 18.8 Å². The third-order valence-electron chi connectivity index (χ3n) is 3.92. The van der Waals surface area contributed by atoms with Gasteiger partial charge in [-0.1, -0.05) is 16.5 Å².